The van der Waals surface area contributed by atoms with E-state index < -0.39 is 22.0 Å². The average molecular weight is 447 g/mol. The maximum absolute atomic E-state index is 12.5. The molecule has 0 aliphatic rings. The number of benzene rings is 2. The molecule has 5 nitrogen and oxygen atoms in total. The number of carbonyl (C=O) groups excluding carboxylic acids is 1. The fourth-order valence-electron chi connectivity index (χ4n) is 2.48. The van der Waals surface area contributed by atoms with Gasteiger partial charge in [-0.05, 0) is 37.3 Å². The third-order valence-electron chi connectivity index (χ3n) is 3.60. The molecule has 0 unspecified atom stereocenters. The zero-order valence-corrected chi connectivity index (χ0v) is 18.0. The van der Waals surface area contributed by atoms with Gasteiger partial charge < -0.3 is 5.32 Å². The third kappa shape index (κ3) is 6.60. The Labute approximate surface area is 174 Å². The summed E-state index contributed by atoms with van der Waals surface area (Å²) in [6.07, 6.45) is 1.04. The number of anilines is 1. The minimum atomic E-state index is -3.72. The Balaban J connectivity index is 2.04. The van der Waals surface area contributed by atoms with Crippen molar-refractivity contribution in [3.05, 3.63) is 58.6 Å². The molecule has 0 aliphatic heterocycles. The van der Waals surface area contributed by atoms with Crippen molar-refractivity contribution in [3.8, 4) is 0 Å². The van der Waals surface area contributed by atoms with E-state index >= 15 is 0 Å². The van der Waals surface area contributed by atoms with Gasteiger partial charge in [-0.25, -0.2) is 8.42 Å². The molecule has 0 aromatic heterocycles. The minimum Gasteiger partial charge on any atom is -0.353 e. The van der Waals surface area contributed by atoms with E-state index in [1.54, 1.807) is 11.8 Å². The van der Waals surface area contributed by atoms with Gasteiger partial charge in [0.1, 0.15) is 6.04 Å². The van der Waals surface area contributed by atoms with Crippen molar-refractivity contribution in [2.24, 2.45) is 0 Å². The number of carbonyl (C=O) groups is 1. The lowest BCUT2D eigenvalue weighted by atomic mass is 10.2. The highest BCUT2D eigenvalue weighted by atomic mass is 35.5. The summed E-state index contributed by atoms with van der Waals surface area (Å²) < 4.78 is 25.6. The molecule has 0 saturated heterocycles. The Morgan fingerprint density at radius 1 is 1.15 bits per heavy atom. The maximum atomic E-state index is 12.5. The van der Waals surface area contributed by atoms with E-state index in [0.29, 0.717) is 12.3 Å². The Bertz CT molecular complexity index is 872. The molecule has 0 bridgehead atoms. The van der Waals surface area contributed by atoms with Crippen LogP contribution in [0.4, 0.5) is 5.69 Å². The van der Waals surface area contributed by atoms with E-state index in [0.717, 1.165) is 15.5 Å². The fourth-order valence-corrected chi connectivity index (χ4v) is 4.95. The number of halogens is 2. The van der Waals surface area contributed by atoms with Gasteiger partial charge in [-0.15, -0.1) is 11.8 Å². The van der Waals surface area contributed by atoms with E-state index in [4.69, 9.17) is 23.2 Å². The third-order valence-corrected chi connectivity index (χ3v) is 6.30. The van der Waals surface area contributed by atoms with Crippen LogP contribution in [0.2, 0.25) is 10.0 Å². The topological polar surface area (TPSA) is 66.5 Å². The summed E-state index contributed by atoms with van der Waals surface area (Å²) in [6, 6.07) is 13.3. The van der Waals surface area contributed by atoms with Crippen molar-refractivity contribution >= 4 is 56.6 Å². The molecule has 2 aromatic rings. The SMILES string of the molecule is C[C@H](C(=O)NCCSc1ccccc1)N(c1cc(Cl)cc(Cl)c1)S(C)(=O)=O. The Morgan fingerprint density at radius 2 is 1.74 bits per heavy atom. The number of nitrogens with one attached hydrogen (secondary N) is 1. The maximum Gasteiger partial charge on any atom is 0.243 e. The molecule has 0 heterocycles. The van der Waals surface area contributed by atoms with Crippen LogP contribution in [-0.2, 0) is 14.8 Å². The molecule has 0 spiro atoms. The summed E-state index contributed by atoms with van der Waals surface area (Å²) in [4.78, 5) is 13.6. The van der Waals surface area contributed by atoms with Crippen molar-refractivity contribution in [2.45, 2.75) is 17.9 Å². The largest absolute Gasteiger partial charge is 0.353 e. The molecule has 0 fully saturated rings. The summed E-state index contributed by atoms with van der Waals surface area (Å²) in [6.45, 7) is 1.94. The van der Waals surface area contributed by atoms with Crippen molar-refractivity contribution in [2.75, 3.05) is 22.9 Å². The zero-order valence-electron chi connectivity index (χ0n) is 14.9. The van der Waals surface area contributed by atoms with E-state index in [2.05, 4.69) is 5.32 Å². The number of thioether (sulfide) groups is 1. The van der Waals surface area contributed by atoms with Gasteiger partial charge in [-0.2, -0.15) is 0 Å². The van der Waals surface area contributed by atoms with Crippen LogP contribution in [0.25, 0.3) is 0 Å². The molecule has 1 amide bonds. The van der Waals surface area contributed by atoms with Gasteiger partial charge in [0.25, 0.3) is 0 Å². The average Bonchev–Trinajstić information content (AvgIpc) is 2.57. The van der Waals surface area contributed by atoms with Gasteiger partial charge in [0.15, 0.2) is 0 Å². The normalized spacial score (nSPS) is 12.4. The number of hydrogen-bond acceptors (Lipinski definition) is 4. The number of amides is 1. The first kappa shape index (κ1) is 21.9. The van der Waals surface area contributed by atoms with Crippen LogP contribution >= 0.6 is 35.0 Å². The van der Waals surface area contributed by atoms with Gasteiger partial charge in [0.2, 0.25) is 15.9 Å². The Morgan fingerprint density at radius 3 is 2.30 bits per heavy atom. The van der Waals surface area contributed by atoms with Crippen LogP contribution in [-0.4, -0.2) is 38.9 Å². The fraction of sp³-hybridized carbons (Fsp3) is 0.278. The van der Waals surface area contributed by atoms with Gasteiger partial charge in [0, 0.05) is 27.2 Å². The van der Waals surface area contributed by atoms with Crippen molar-refractivity contribution in [3.63, 3.8) is 0 Å². The van der Waals surface area contributed by atoms with Gasteiger partial charge in [0.05, 0.1) is 11.9 Å². The van der Waals surface area contributed by atoms with Gasteiger partial charge >= 0.3 is 0 Å². The molecular weight excluding hydrogens is 427 g/mol. The summed E-state index contributed by atoms with van der Waals surface area (Å²) in [5.74, 6) is 0.273. The quantitative estimate of drug-likeness (QED) is 0.490. The molecule has 1 atom stereocenters. The highest BCUT2D eigenvalue weighted by Crippen LogP contribution is 2.28. The lowest BCUT2D eigenvalue weighted by Crippen LogP contribution is -2.48. The highest BCUT2D eigenvalue weighted by molar-refractivity contribution is 7.99. The molecule has 2 rings (SSSR count). The molecule has 146 valence electrons. The number of rotatable bonds is 8. The Hall–Kier alpha value is -1.41. The first-order valence-electron chi connectivity index (χ1n) is 8.09. The minimum absolute atomic E-state index is 0.247. The summed E-state index contributed by atoms with van der Waals surface area (Å²) in [5.41, 5.74) is 0.247. The van der Waals surface area contributed by atoms with Crippen LogP contribution in [0.3, 0.4) is 0 Å². The highest BCUT2D eigenvalue weighted by Gasteiger charge is 2.29. The summed E-state index contributed by atoms with van der Waals surface area (Å²) >= 11 is 13.6. The molecule has 0 radical (unpaired) electrons. The zero-order chi connectivity index (χ0) is 20.0. The Kier molecular flexibility index (Phi) is 7.85. The molecule has 0 aliphatic carbocycles. The van der Waals surface area contributed by atoms with Crippen molar-refractivity contribution < 1.29 is 13.2 Å². The summed E-state index contributed by atoms with van der Waals surface area (Å²) in [7, 11) is -3.72. The molecule has 9 heteroatoms. The van der Waals surface area contributed by atoms with E-state index in [1.807, 2.05) is 30.3 Å². The van der Waals surface area contributed by atoms with Crippen LogP contribution < -0.4 is 9.62 Å². The smallest absolute Gasteiger partial charge is 0.243 e. The molecule has 2 aromatic carbocycles. The molecule has 27 heavy (non-hydrogen) atoms. The van der Waals surface area contributed by atoms with E-state index in [-0.39, 0.29) is 15.7 Å². The predicted molar refractivity (Wildman–Crippen MR) is 113 cm³/mol. The van der Waals surface area contributed by atoms with E-state index in [9.17, 15) is 13.2 Å². The van der Waals surface area contributed by atoms with Gasteiger partial charge in [-0.1, -0.05) is 41.4 Å². The molecule has 1 N–H and O–H groups in total. The van der Waals surface area contributed by atoms with Crippen LogP contribution in [0.5, 0.6) is 0 Å². The van der Waals surface area contributed by atoms with Crippen LogP contribution in [0.1, 0.15) is 6.92 Å². The number of nitrogens with zero attached hydrogens (tertiary/aromatic N) is 1. The van der Waals surface area contributed by atoms with Crippen LogP contribution in [0, 0.1) is 0 Å². The first-order chi connectivity index (χ1) is 12.7. The van der Waals surface area contributed by atoms with Crippen LogP contribution in [0.15, 0.2) is 53.4 Å². The first-order valence-corrected chi connectivity index (χ1v) is 11.7. The second-order valence-corrected chi connectivity index (χ2v) is 9.72. The second-order valence-electron chi connectivity index (χ2n) is 5.81. The van der Waals surface area contributed by atoms with Gasteiger partial charge in [-0.3, -0.25) is 9.10 Å². The van der Waals surface area contributed by atoms with Crippen molar-refractivity contribution in [1.29, 1.82) is 0 Å². The lowest BCUT2D eigenvalue weighted by Gasteiger charge is -2.28. The molecular formula is C18H20Cl2N2O3S2. The number of hydrogen-bond donors (Lipinski definition) is 1. The van der Waals surface area contributed by atoms with E-state index in [1.165, 1.54) is 25.1 Å². The monoisotopic (exact) mass is 446 g/mol. The lowest BCUT2D eigenvalue weighted by molar-refractivity contribution is -0.121. The number of sulfonamides is 1. The standard InChI is InChI=1S/C18H20Cl2N2O3S2/c1-13(18(23)21-8-9-26-17-6-4-3-5-7-17)22(27(2,24)25)16-11-14(19)10-15(20)12-16/h3-7,10-13H,8-9H2,1-2H3,(H,21,23)/t13-/m1/s1. The summed E-state index contributed by atoms with van der Waals surface area (Å²) in [5, 5.41) is 3.35. The predicted octanol–water partition coefficient (Wildman–Crippen LogP) is 4.06. The van der Waals surface area contributed by atoms with Crippen molar-refractivity contribution in [1.82, 2.24) is 5.32 Å². The molecule has 0 saturated carbocycles. The second kappa shape index (κ2) is 9.68.